The standard InChI is InChI=1S/C48H32N4S2/c1-48(2)38-19-9-6-15-32(38)33-25-23-30(27-39(33)48)46-49-45(29-13-4-3-5-14-29)50-47(51-46)52(31-24-26-43-37(28-31)35-17-8-10-21-41(35)53-43)40-20-12-18-36-34-16-7-11-22-42(34)54-44(36)40/h3-28H,1-2H3. The average Bonchev–Trinajstić information content (AvgIpc) is 3.86. The van der Waals surface area contributed by atoms with Gasteiger partial charge in [-0.2, -0.15) is 9.97 Å². The summed E-state index contributed by atoms with van der Waals surface area (Å²) in [7, 11) is 0. The summed E-state index contributed by atoms with van der Waals surface area (Å²) >= 11 is 3.64. The fourth-order valence-electron chi connectivity index (χ4n) is 8.28. The van der Waals surface area contributed by atoms with Crippen molar-refractivity contribution in [2.24, 2.45) is 0 Å². The highest BCUT2D eigenvalue weighted by Gasteiger charge is 2.35. The highest BCUT2D eigenvalue weighted by atomic mass is 32.1. The Labute approximate surface area is 320 Å². The van der Waals surface area contributed by atoms with Crippen molar-refractivity contribution >= 4 is 80.3 Å². The number of anilines is 3. The average molecular weight is 729 g/mol. The lowest BCUT2D eigenvalue weighted by atomic mass is 9.82. The number of hydrogen-bond acceptors (Lipinski definition) is 6. The normalized spacial score (nSPS) is 13.1. The minimum Gasteiger partial charge on any atom is -0.278 e. The van der Waals surface area contributed by atoms with Gasteiger partial charge in [0.05, 0.1) is 10.4 Å². The largest absolute Gasteiger partial charge is 0.278 e. The van der Waals surface area contributed by atoms with Crippen LogP contribution in [0.3, 0.4) is 0 Å². The molecule has 0 saturated heterocycles. The Bertz CT molecular complexity index is 3100. The summed E-state index contributed by atoms with van der Waals surface area (Å²) in [5.41, 5.74) is 8.98. The van der Waals surface area contributed by atoms with Crippen LogP contribution >= 0.6 is 22.7 Å². The first-order valence-electron chi connectivity index (χ1n) is 18.2. The van der Waals surface area contributed by atoms with Crippen molar-refractivity contribution in [1.82, 2.24) is 15.0 Å². The second kappa shape index (κ2) is 11.9. The van der Waals surface area contributed by atoms with E-state index < -0.39 is 0 Å². The molecule has 4 nitrogen and oxygen atoms in total. The zero-order chi connectivity index (χ0) is 36.0. The summed E-state index contributed by atoms with van der Waals surface area (Å²) in [6, 6.07) is 56.4. The lowest BCUT2D eigenvalue weighted by Crippen LogP contribution is -2.16. The molecule has 0 saturated carbocycles. The van der Waals surface area contributed by atoms with Gasteiger partial charge in [0, 0.05) is 57.9 Å². The van der Waals surface area contributed by atoms with Gasteiger partial charge in [0.1, 0.15) is 0 Å². The number of hydrogen-bond donors (Lipinski definition) is 0. The van der Waals surface area contributed by atoms with E-state index in [0.29, 0.717) is 17.6 Å². The minimum atomic E-state index is -0.151. The van der Waals surface area contributed by atoms with E-state index in [4.69, 9.17) is 15.0 Å². The fourth-order valence-corrected chi connectivity index (χ4v) is 10.6. The van der Waals surface area contributed by atoms with Crippen LogP contribution < -0.4 is 4.90 Å². The van der Waals surface area contributed by atoms with Gasteiger partial charge in [-0.05, 0) is 64.7 Å². The highest BCUT2D eigenvalue weighted by molar-refractivity contribution is 7.26. The number of thiophene rings is 2. The van der Waals surface area contributed by atoms with Crippen LogP contribution in [0.15, 0.2) is 158 Å². The Morgan fingerprint density at radius 3 is 1.94 bits per heavy atom. The third kappa shape index (κ3) is 4.77. The van der Waals surface area contributed by atoms with Crippen molar-refractivity contribution in [3.63, 3.8) is 0 Å². The molecular formula is C48H32N4S2. The second-order valence-corrected chi connectivity index (χ2v) is 16.6. The smallest absolute Gasteiger partial charge is 0.238 e. The Kier molecular flexibility index (Phi) is 6.90. The monoisotopic (exact) mass is 728 g/mol. The maximum absolute atomic E-state index is 5.41. The Morgan fingerprint density at radius 1 is 0.463 bits per heavy atom. The first-order valence-corrected chi connectivity index (χ1v) is 19.8. The van der Waals surface area contributed by atoms with Crippen molar-refractivity contribution in [3.8, 4) is 33.9 Å². The molecule has 1 aliphatic rings. The lowest BCUT2D eigenvalue weighted by molar-refractivity contribution is 0.660. The molecular weight excluding hydrogens is 697 g/mol. The van der Waals surface area contributed by atoms with Crippen molar-refractivity contribution < 1.29 is 0 Å². The van der Waals surface area contributed by atoms with E-state index in [9.17, 15) is 0 Å². The first kappa shape index (κ1) is 31.3. The Morgan fingerprint density at radius 2 is 1.11 bits per heavy atom. The molecule has 3 aromatic heterocycles. The maximum atomic E-state index is 5.41. The predicted octanol–water partition coefficient (Wildman–Crippen LogP) is 13.7. The topological polar surface area (TPSA) is 41.9 Å². The molecule has 11 rings (SSSR count). The molecule has 10 aromatic rings. The van der Waals surface area contributed by atoms with Crippen molar-refractivity contribution in [3.05, 3.63) is 169 Å². The molecule has 0 spiro atoms. The molecule has 1 aliphatic carbocycles. The third-order valence-electron chi connectivity index (χ3n) is 10.9. The molecule has 0 aliphatic heterocycles. The van der Waals surface area contributed by atoms with E-state index in [-0.39, 0.29) is 5.41 Å². The van der Waals surface area contributed by atoms with E-state index in [1.165, 1.54) is 62.6 Å². The molecule has 0 N–H and O–H groups in total. The molecule has 0 bridgehead atoms. The molecule has 7 aromatic carbocycles. The number of benzene rings is 7. The number of rotatable bonds is 5. The quantitative estimate of drug-likeness (QED) is 0.177. The zero-order valence-corrected chi connectivity index (χ0v) is 31.2. The van der Waals surface area contributed by atoms with E-state index in [0.717, 1.165) is 22.5 Å². The number of aromatic nitrogens is 3. The summed E-state index contributed by atoms with van der Waals surface area (Å²) in [6.07, 6.45) is 0. The summed E-state index contributed by atoms with van der Waals surface area (Å²) < 4.78 is 4.97. The van der Waals surface area contributed by atoms with Crippen LogP contribution in [0, 0.1) is 0 Å². The van der Waals surface area contributed by atoms with Crippen molar-refractivity contribution in [1.29, 1.82) is 0 Å². The molecule has 0 amide bonds. The number of nitrogens with zero attached hydrogens (tertiary/aromatic N) is 4. The van der Waals surface area contributed by atoms with Crippen molar-refractivity contribution in [2.75, 3.05) is 4.90 Å². The summed E-state index contributed by atoms with van der Waals surface area (Å²) in [5, 5.41) is 4.95. The van der Waals surface area contributed by atoms with E-state index >= 15 is 0 Å². The van der Waals surface area contributed by atoms with Gasteiger partial charge in [-0.25, -0.2) is 4.98 Å². The zero-order valence-electron chi connectivity index (χ0n) is 29.6. The van der Waals surface area contributed by atoms with Crippen LogP contribution in [0.2, 0.25) is 0 Å². The summed E-state index contributed by atoms with van der Waals surface area (Å²) in [5.74, 6) is 1.85. The van der Waals surface area contributed by atoms with Gasteiger partial charge in [0.15, 0.2) is 11.6 Å². The minimum absolute atomic E-state index is 0.151. The Balaban J connectivity index is 1.18. The van der Waals surface area contributed by atoms with Gasteiger partial charge in [-0.1, -0.05) is 129 Å². The third-order valence-corrected chi connectivity index (χ3v) is 13.3. The van der Waals surface area contributed by atoms with Crippen molar-refractivity contribution in [2.45, 2.75) is 19.3 Å². The van der Waals surface area contributed by atoms with Gasteiger partial charge in [0.25, 0.3) is 0 Å². The molecule has 0 radical (unpaired) electrons. The van der Waals surface area contributed by atoms with E-state index in [1.807, 2.05) is 40.9 Å². The summed E-state index contributed by atoms with van der Waals surface area (Å²) in [6.45, 7) is 4.63. The van der Waals surface area contributed by atoms with E-state index in [2.05, 4.69) is 158 Å². The van der Waals surface area contributed by atoms with Gasteiger partial charge in [0.2, 0.25) is 5.95 Å². The van der Waals surface area contributed by atoms with Crippen LogP contribution in [0.4, 0.5) is 17.3 Å². The van der Waals surface area contributed by atoms with Crippen LogP contribution in [0.5, 0.6) is 0 Å². The number of fused-ring (bicyclic) bond motifs is 9. The molecule has 3 heterocycles. The first-order chi connectivity index (χ1) is 26.5. The van der Waals surface area contributed by atoms with Gasteiger partial charge in [-0.3, -0.25) is 4.90 Å². The molecule has 0 fully saturated rings. The van der Waals surface area contributed by atoms with Crippen LogP contribution in [0.25, 0.3) is 74.2 Å². The lowest BCUT2D eigenvalue weighted by Gasteiger charge is -2.25. The SMILES string of the molecule is CC1(C)c2ccccc2-c2ccc(-c3nc(-c4ccccc4)nc(N(c4ccc5sc6ccccc6c5c4)c4cccc5c4sc4ccccc45)n3)cc21. The molecule has 0 unspecified atom stereocenters. The van der Waals surface area contributed by atoms with Gasteiger partial charge < -0.3 is 0 Å². The van der Waals surface area contributed by atoms with Crippen LogP contribution in [-0.4, -0.2) is 15.0 Å². The van der Waals surface area contributed by atoms with E-state index in [1.54, 1.807) is 0 Å². The van der Waals surface area contributed by atoms with Crippen LogP contribution in [0.1, 0.15) is 25.0 Å². The summed E-state index contributed by atoms with van der Waals surface area (Å²) in [4.78, 5) is 18.2. The predicted molar refractivity (Wildman–Crippen MR) is 229 cm³/mol. The van der Waals surface area contributed by atoms with Crippen LogP contribution in [-0.2, 0) is 5.41 Å². The maximum Gasteiger partial charge on any atom is 0.238 e. The highest BCUT2D eigenvalue weighted by Crippen LogP contribution is 2.50. The molecule has 6 heteroatoms. The Hall–Kier alpha value is -6.21. The molecule has 256 valence electrons. The molecule has 54 heavy (non-hydrogen) atoms. The van der Waals surface area contributed by atoms with Gasteiger partial charge >= 0.3 is 0 Å². The molecule has 0 atom stereocenters. The fraction of sp³-hybridized carbons (Fsp3) is 0.0625. The van der Waals surface area contributed by atoms with Gasteiger partial charge in [-0.15, -0.1) is 22.7 Å². The second-order valence-electron chi connectivity index (χ2n) is 14.4.